The van der Waals surface area contributed by atoms with Gasteiger partial charge in [0.1, 0.15) is 0 Å². The highest BCUT2D eigenvalue weighted by Crippen LogP contribution is 2.69. The third-order valence-electron chi connectivity index (χ3n) is 9.45. The lowest BCUT2D eigenvalue weighted by atomic mass is 9.68. The maximum absolute atomic E-state index is 13.9. The minimum atomic E-state index is -0.343. The molecule has 1 aromatic heterocycles. The molecule has 0 radical (unpaired) electrons. The molecule has 206 valence electrons. The molecule has 3 aromatic carbocycles. The van der Waals surface area contributed by atoms with Crippen molar-refractivity contribution in [2.75, 3.05) is 4.90 Å². The summed E-state index contributed by atoms with van der Waals surface area (Å²) in [6.45, 7) is 0.505. The van der Waals surface area contributed by atoms with Crippen LogP contribution >= 0.6 is 46.3 Å². The third kappa shape index (κ3) is 3.86. The number of rotatable bonds is 4. The lowest BCUT2D eigenvalue weighted by Crippen LogP contribution is -2.43. The number of nitrogens with zero attached hydrogens (tertiary/aromatic N) is 2. The summed E-state index contributed by atoms with van der Waals surface area (Å²) in [5, 5.41) is 2.36. The standard InChI is InChI=1S/C32H24Cl2N2O3S2/c33-18-8-6-17(7-9-18)23-24-21-14-22(26-25(21)29(37)36(30(26)38)20-12-10-19(34)11-13-20)27(24)40-31-28(23)41-32(39)35(31)15-16-4-2-1-3-5-16/h1-13,21-27H,14-15H2/t21-,22+,23+,24-,25+,26+,27-/m1/s1. The number of carbonyl (C=O) groups is 2. The van der Waals surface area contributed by atoms with Crippen LogP contribution in [0.25, 0.3) is 0 Å². The molecule has 2 saturated carbocycles. The molecule has 3 fully saturated rings. The van der Waals surface area contributed by atoms with E-state index in [4.69, 9.17) is 23.2 Å². The van der Waals surface area contributed by atoms with E-state index in [0.717, 1.165) is 27.5 Å². The number of benzene rings is 3. The molecule has 5 nitrogen and oxygen atoms in total. The zero-order chi connectivity index (χ0) is 28.0. The van der Waals surface area contributed by atoms with Gasteiger partial charge in [-0.1, -0.05) is 77.0 Å². The number of imide groups is 1. The van der Waals surface area contributed by atoms with Crippen LogP contribution in [0.2, 0.25) is 10.0 Å². The van der Waals surface area contributed by atoms with Crippen molar-refractivity contribution in [1.82, 2.24) is 4.57 Å². The van der Waals surface area contributed by atoms with Crippen molar-refractivity contribution in [1.29, 1.82) is 0 Å². The second kappa shape index (κ2) is 9.60. The number of thioether (sulfide) groups is 1. The zero-order valence-electron chi connectivity index (χ0n) is 21.7. The highest BCUT2D eigenvalue weighted by molar-refractivity contribution is 8.00. The van der Waals surface area contributed by atoms with E-state index < -0.39 is 0 Å². The van der Waals surface area contributed by atoms with Gasteiger partial charge >= 0.3 is 4.87 Å². The molecule has 2 amide bonds. The third-order valence-corrected chi connectivity index (χ3v) is 12.7. The van der Waals surface area contributed by atoms with E-state index in [9.17, 15) is 14.4 Å². The lowest BCUT2D eigenvalue weighted by molar-refractivity contribution is -0.123. The van der Waals surface area contributed by atoms with Crippen LogP contribution in [0.1, 0.15) is 28.3 Å². The number of carbonyl (C=O) groups excluding carboxylic acids is 2. The Bertz CT molecular complexity index is 1750. The number of amides is 2. The van der Waals surface area contributed by atoms with Gasteiger partial charge < -0.3 is 0 Å². The molecule has 7 atom stereocenters. The fourth-order valence-electron chi connectivity index (χ4n) is 7.91. The number of hydrogen-bond donors (Lipinski definition) is 0. The molecule has 0 spiro atoms. The van der Waals surface area contributed by atoms with Gasteiger partial charge in [0, 0.05) is 26.1 Å². The Labute approximate surface area is 255 Å². The Balaban J connectivity index is 1.23. The first-order valence-corrected chi connectivity index (χ1v) is 16.2. The Kier molecular flexibility index (Phi) is 6.05. The molecule has 9 heteroatoms. The molecule has 4 aliphatic rings. The Morgan fingerprint density at radius 2 is 1.41 bits per heavy atom. The van der Waals surface area contributed by atoms with Crippen LogP contribution in [0.5, 0.6) is 0 Å². The van der Waals surface area contributed by atoms with Gasteiger partial charge in [0.25, 0.3) is 0 Å². The molecule has 2 aliphatic heterocycles. The van der Waals surface area contributed by atoms with Crippen LogP contribution in [0.4, 0.5) is 5.69 Å². The number of thiazole rings is 1. The Hall–Kier alpha value is -2.84. The van der Waals surface area contributed by atoms with Crippen LogP contribution in [-0.2, 0) is 16.1 Å². The van der Waals surface area contributed by atoms with Crippen molar-refractivity contribution in [3.05, 3.63) is 115 Å². The SMILES string of the molecule is O=C1[C@H]2[C@@H]3C[C@@H]([C@@H]2C(=O)N1c1ccc(Cl)cc1)[C@@H]1[C@H](c2ccc(Cl)cc2)c2sc(=O)n(Cc4ccccc4)c2S[C@H]31. The molecule has 3 heterocycles. The van der Waals surface area contributed by atoms with Gasteiger partial charge in [0.05, 0.1) is 29.1 Å². The maximum atomic E-state index is 13.9. The van der Waals surface area contributed by atoms with Crippen LogP contribution < -0.4 is 9.77 Å². The molecule has 4 aromatic rings. The molecule has 8 rings (SSSR count). The number of halogens is 2. The molecular formula is C32H24Cl2N2O3S2. The van der Waals surface area contributed by atoms with Gasteiger partial charge in [-0.25, -0.2) is 0 Å². The first kappa shape index (κ1) is 25.8. The summed E-state index contributed by atoms with van der Waals surface area (Å²) >= 11 is 15.5. The van der Waals surface area contributed by atoms with Crippen molar-refractivity contribution in [2.45, 2.75) is 29.2 Å². The van der Waals surface area contributed by atoms with E-state index in [1.165, 1.54) is 16.2 Å². The molecule has 1 saturated heterocycles. The minimum Gasteiger partial charge on any atom is -0.289 e. The maximum Gasteiger partial charge on any atom is 0.308 e. The van der Waals surface area contributed by atoms with Gasteiger partial charge in [0.15, 0.2) is 0 Å². The summed E-state index contributed by atoms with van der Waals surface area (Å²) in [5.41, 5.74) is 2.76. The molecular weight excluding hydrogens is 595 g/mol. The van der Waals surface area contributed by atoms with Gasteiger partial charge in [-0.2, -0.15) is 0 Å². The zero-order valence-corrected chi connectivity index (χ0v) is 24.8. The van der Waals surface area contributed by atoms with Crippen molar-refractivity contribution in [3.63, 3.8) is 0 Å². The van der Waals surface area contributed by atoms with E-state index in [1.54, 1.807) is 36.0 Å². The van der Waals surface area contributed by atoms with E-state index in [2.05, 4.69) is 12.1 Å². The molecule has 2 aliphatic carbocycles. The second-order valence-electron chi connectivity index (χ2n) is 11.4. The van der Waals surface area contributed by atoms with Crippen molar-refractivity contribution in [3.8, 4) is 0 Å². The van der Waals surface area contributed by atoms with Crippen molar-refractivity contribution >= 4 is 63.8 Å². The first-order chi connectivity index (χ1) is 19.9. The number of hydrogen-bond acceptors (Lipinski definition) is 5. The summed E-state index contributed by atoms with van der Waals surface area (Å²) < 4.78 is 1.91. The monoisotopic (exact) mass is 618 g/mol. The fourth-order valence-corrected chi connectivity index (χ4v) is 11.3. The molecule has 2 bridgehead atoms. The van der Waals surface area contributed by atoms with Gasteiger partial charge in [-0.3, -0.25) is 23.9 Å². The Morgan fingerprint density at radius 1 is 0.780 bits per heavy atom. The smallest absolute Gasteiger partial charge is 0.289 e. The van der Waals surface area contributed by atoms with E-state index >= 15 is 0 Å². The average molecular weight is 620 g/mol. The summed E-state index contributed by atoms with van der Waals surface area (Å²) in [6, 6.07) is 24.9. The molecule has 41 heavy (non-hydrogen) atoms. The topological polar surface area (TPSA) is 59.4 Å². The number of fused-ring (bicyclic) bond motifs is 9. The van der Waals surface area contributed by atoms with Crippen LogP contribution in [0.15, 0.2) is 88.7 Å². The summed E-state index contributed by atoms with van der Waals surface area (Å²) in [6.07, 6.45) is 0.853. The highest BCUT2D eigenvalue weighted by Gasteiger charge is 2.69. The van der Waals surface area contributed by atoms with Crippen LogP contribution in [-0.4, -0.2) is 21.6 Å². The van der Waals surface area contributed by atoms with E-state index in [-0.39, 0.29) is 57.4 Å². The quantitative estimate of drug-likeness (QED) is 0.232. The summed E-state index contributed by atoms with van der Waals surface area (Å²) in [7, 11) is 0. The predicted molar refractivity (Wildman–Crippen MR) is 163 cm³/mol. The second-order valence-corrected chi connectivity index (χ2v) is 14.4. The fraction of sp³-hybridized carbons (Fsp3) is 0.281. The number of aromatic nitrogens is 1. The Morgan fingerprint density at radius 3 is 2.10 bits per heavy atom. The minimum absolute atomic E-state index is 0.0268. The highest BCUT2D eigenvalue weighted by atomic mass is 35.5. The van der Waals surface area contributed by atoms with Crippen molar-refractivity contribution in [2.24, 2.45) is 29.6 Å². The summed E-state index contributed by atoms with van der Waals surface area (Å²) in [4.78, 5) is 43.8. The van der Waals surface area contributed by atoms with E-state index in [1.807, 2.05) is 47.0 Å². The van der Waals surface area contributed by atoms with Gasteiger partial charge in [-0.15, -0.1) is 11.8 Å². The molecule has 0 unspecified atom stereocenters. The van der Waals surface area contributed by atoms with Gasteiger partial charge in [0.2, 0.25) is 11.8 Å². The lowest BCUT2D eigenvalue weighted by Gasteiger charge is -2.43. The van der Waals surface area contributed by atoms with Gasteiger partial charge in [-0.05, 0) is 71.7 Å². The largest absolute Gasteiger partial charge is 0.308 e. The first-order valence-electron chi connectivity index (χ1n) is 13.7. The normalized spacial score (nSPS) is 29.5. The van der Waals surface area contributed by atoms with E-state index in [0.29, 0.717) is 22.3 Å². The number of anilines is 1. The average Bonchev–Trinajstić information content (AvgIpc) is 3.69. The van der Waals surface area contributed by atoms with Crippen LogP contribution in [0, 0.1) is 29.6 Å². The summed E-state index contributed by atoms with van der Waals surface area (Å²) in [5.74, 6) is -0.649. The van der Waals surface area contributed by atoms with Crippen LogP contribution in [0.3, 0.4) is 0 Å². The molecule has 0 N–H and O–H groups in total. The predicted octanol–water partition coefficient (Wildman–Crippen LogP) is 6.94. The van der Waals surface area contributed by atoms with Crippen molar-refractivity contribution < 1.29 is 9.59 Å².